The molecule has 0 bridgehead atoms. The van der Waals surface area contributed by atoms with E-state index >= 15 is 0 Å². The smallest absolute Gasteiger partial charge is 0.161 e. The Balaban J connectivity index is 2.17. The summed E-state index contributed by atoms with van der Waals surface area (Å²) in [6, 6.07) is 10.5. The lowest BCUT2D eigenvalue weighted by Crippen LogP contribution is -2.00. The van der Waals surface area contributed by atoms with Crippen LogP contribution in [0.4, 0.5) is 4.39 Å². The Morgan fingerprint density at radius 3 is 2.55 bits per heavy atom. The maximum absolute atomic E-state index is 13.1. The van der Waals surface area contributed by atoms with Crippen LogP contribution in [0.2, 0.25) is 0 Å². The summed E-state index contributed by atoms with van der Waals surface area (Å²) >= 11 is 3.42. The molecular weight excluding hydrogens is 323 g/mol. The molecule has 0 unspecified atom stereocenters. The second-order valence-corrected chi connectivity index (χ2v) is 5.04. The van der Waals surface area contributed by atoms with Gasteiger partial charge in [0.15, 0.2) is 11.5 Å². The van der Waals surface area contributed by atoms with Crippen LogP contribution >= 0.6 is 15.9 Å². The molecule has 0 radical (unpaired) electrons. The average Bonchev–Trinajstić information content (AvgIpc) is 2.46. The molecule has 2 nitrogen and oxygen atoms in total. The predicted molar refractivity (Wildman–Crippen MR) is 81.1 cm³/mol. The van der Waals surface area contributed by atoms with Crippen molar-refractivity contribution in [3.8, 4) is 11.5 Å². The number of ether oxygens (including phenoxy) is 2. The number of hydrogen-bond acceptors (Lipinski definition) is 2. The normalized spacial score (nSPS) is 10.4. The highest BCUT2D eigenvalue weighted by atomic mass is 79.9. The topological polar surface area (TPSA) is 18.5 Å². The van der Waals surface area contributed by atoms with Crippen molar-refractivity contribution in [2.45, 2.75) is 18.9 Å². The summed E-state index contributed by atoms with van der Waals surface area (Å²) in [7, 11) is 1.61. The largest absolute Gasteiger partial charge is 0.493 e. The maximum Gasteiger partial charge on any atom is 0.161 e. The molecule has 106 valence electrons. The summed E-state index contributed by atoms with van der Waals surface area (Å²) in [6.45, 7) is 2.25. The van der Waals surface area contributed by atoms with Gasteiger partial charge in [-0.05, 0) is 47.9 Å². The molecule has 0 aliphatic rings. The number of methoxy groups -OCH3 is 1. The molecule has 0 saturated carbocycles. The Morgan fingerprint density at radius 1 is 1.10 bits per heavy atom. The first-order valence-corrected chi connectivity index (χ1v) is 7.37. The van der Waals surface area contributed by atoms with Gasteiger partial charge in [-0.2, -0.15) is 0 Å². The van der Waals surface area contributed by atoms with Gasteiger partial charge in [0.2, 0.25) is 0 Å². The fourth-order valence-electron chi connectivity index (χ4n) is 1.89. The van der Waals surface area contributed by atoms with Gasteiger partial charge >= 0.3 is 0 Å². The molecule has 0 aromatic heterocycles. The number of aryl methyl sites for hydroxylation is 1. The SMILES string of the molecule is COc1ccc(CBr)cc1OCc1ccc(F)cc1C. The van der Waals surface area contributed by atoms with E-state index in [9.17, 15) is 4.39 Å². The number of hydrogen-bond donors (Lipinski definition) is 0. The molecule has 0 spiro atoms. The average molecular weight is 339 g/mol. The summed E-state index contributed by atoms with van der Waals surface area (Å²) in [5.74, 6) is 1.15. The molecule has 0 aliphatic heterocycles. The Bertz CT molecular complexity index is 599. The van der Waals surface area contributed by atoms with Gasteiger partial charge in [0.05, 0.1) is 7.11 Å². The highest BCUT2D eigenvalue weighted by molar-refractivity contribution is 9.08. The van der Waals surface area contributed by atoms with Crippen molar-refractivity contribution in [3.05, 3.63) is 58.9 Å². The molecule has 2 aromatic rings. The van der Waals surface area contributed by atoms with Gasteiger partial charge in [0.25, 0.3) is 0 Å². The van der Waals surface area contributed by atoms with Crippen LogP contribution in [0.25, 0.3) is 0 Å². The van der Waals surface area contributed by atoms with Gasteiger partial charge in [-0.25, -0.2) is 4.39 Å². The zero-order valence-electron chi connectivity index (χ0n) is 11.5. The lowest BCUT2D eigenvalue weighted by Gasteiger charge is -2.13. The molecule has 20 heavy (non-hydrogen) atoms. The monoisotopic (exact) mass is 338 g/mol. The molecule has 2 rings (SSSR count). The second-order valence-electron chi connectivity index (χ2n) is 4.48. The fraction of sp³-hybridized carbons (Fsp3) is 0.250. The molecular formula is C16H16BrFO2. The van der Waals surface area contributed by atoms with Gasteiger partial charge in [-0.1, -0.05) is 28.1 Å². The third-order valence-electron chi connectivity index (χ3n) is 3.07. The second kappa shape index (κ2) is 6.75. The van der Waals surface area contributed by atoms with Crippen LogP contribution in [-0.4, -0.2) is 7.11 Å². The van der Waals surface area contributed by atoms with Crippen molar-refractivity contribution in [3.63, 3.8) is 0 Å². The van der Waals surface area contributed by atoms with Crippen LogP contribution in [0.3, 0.4) is 0 Å². The van der Waals surface area contributed by atoms with Crippen LogP contribution in [-0.2, 0) is 11.9 Å². The summed E-state index contributed by atoms with van der Waals surface area (Å²) in [6.07, 6.45) is 0. The maximum atomic E-state index is 13.1. The molecule has 2 aromatic carbocycles. The summed E-state index contributed by atoms with van der Waals surface area (Å²) in [5, 5.41) is 0.753. The summed E-state index contributed by atoms with van der Waals surface area (Å²) < 4.78 is 24.2. The van der Waals surface area contributed by atoms with E-state index in [0.29, 0.717) is 18.1 Å². The van der Waals surface area contributed by atoms with E-state index in [2.05, 4.69) is 15.9 Å². The minimum atomic E-state index is -0.231. The van der Waals surface area contributed by atoms with Gasteiger partial charge in [-0.3, -0.25) is 0 Å². The Morgan fingerprint density at radius 2 is 1.90 bits per heavy atom. The summed E-state index contributed by atoms with van der Waals surface area (Å²) in [4.78, 5) is 0. The first-order valence-electron chi connectivity index (χ1n) is 6.24. The van der Waals surface area contributed by atoms with Gasteiger partial charge in [-0.15, -0.1) is 0 Å². The molecule has 0 saturated heterocycles. The van der Waals surface area contributed by atoms with Crippen LogP contribution in [0.1, 0.15) is 16.7 Å². The van der Waals surface area contributed by atoms with E-state index in [4.69, 9.17) is 9.47 Å². The van der Waals surface area contributed by atoms with E-state index in [1.54, 1.807) is 13.2 Å². The van der Waals surface area contributed by atoms with Gasteiger partial charge < -0.3 is 9.47 Å². The number of rotatable bonds is 5. The Hall–Kier alpha value is -1.55. The van der Waals surface area contributed by atoms with Crippen molar-refractivity contribution >= 4 is 15.9 Å². The fourth-order valence-corrected chi connectivity index (χ4v) is 2.24. The van der Waals surface area contributed by atoms with Crippen LogP contribution in [0.15, 0.2) is 36.4 Å². The van der Waals surface area contributed by atoms with Crippen molar-refractivity contribution in [2.75, 3.05) is 7.11 Å². The quantitative estimate of drug-likeness (QED) is 0.741. The van der Waals surface area contributed by atoms with Crippen molar-refractivity contribution in [1.82, 2.24) is 0 Å². The lowest BCUT2D eigenvalue weighted by atomic mass is 10.1. The zero-order chi connectivity index (χ0) is 14.5. The highest BCUT2D eigenvalue weighted by Crippen LogP contribution is 2.29. The first-order chi connectivity index (χ1) is 9.63. The van der Waals surface area contributed by atoms with E-state index in [1.807, 2.05) is 25.1 Å². The molecule has 0 fully saturated rings. The first kappa shape index (κ1) is 14.9. The van der Waals surface area contributed by atoms with Crippen molar-refractivity contribution < 1.29 is 13.9 Å². The standard InChI is InChI=1S/C16H16BrFO2/c1-11-7-14(18)5-4-13(11)10-20-16-8-12(9-17)3-6-15(16)19-2/h3-8H,9-10H2,1-2H3. The molecule has 0 N–H and O–H groups in total. The zero-order valence-corrected chi connectivity index (χ0v) is 13.0. The third-order valence-corrected chi connectivity index (χ3v) is 3.72. The van der Waals surface area contributed by atoms with Crippen LogP contribution in [0, 0.1) is 12.7 Å². The summed E-state index contributed by atoms with van der Waals surface area (Å²) in [5.41, 5.74) is 2.94. The lowest BCUT2D eigenvalue weighted by molar-refractivity contribution is 0.283. The number of benzene rings is 2. The molecule has 0 aliphatic carbocycles. The molecule has 4 heteroatoms. The number of alkyl halides is 1. The molecule has 0 amide bonds. The predicted octanol–water partition coefficient (Wildman–Crippen LogP) is 4.62. The highest BCUT2D eigenvalue weighted by Gasteiger charge is 2.07. The van der Waals surface area contributed by atoms with Gasteiger partial charge in [0.1, 0.15) is 12.4 Å². The van der Waals surface area contributed by atoms with E-state index in [0.717, 1.165) is 22.0 Å². The van der Waals surface area contributed by atoms with Crippen molar-refractivity contribution in [1.29, 1.82) is 0 Å². The van der Waals surface area contributed by atoms with E-state index in [-0.39, 0.29) is 5.82 Å². The van der Waals surface area contributed by atoms with Crippen LogP contribution < -0.4 is 9.47 Å². The number of halogens is 2. The van der Waals surface area contributed by atoms with Crippen LogP contribution in [0.5, 0.6) is 11.5 Å². The van der Waals surface area contributed by atoms with E-state index < -0.39 is 0 Å². The minimum Gasteiger partial charge on any atom is -0.493 e. The Kier molecular flexibility index (Phi) is 5.01. The Labute approximate surface area is 126 Å². The third kappa shape index (κ3) is 3.51. The molecule has 0 heterocycles. The molecule has 0 atom stereocenters. The van der Waals surface area contributed by atoms with Gasteiger partial charge in [0, 0.05) is 5.33 Å². The van der Waals surface area contributed by atoms with E-state index in [1.165, 1.54) is 12.1 Å². The van der Waals surface area contributed by atoms with Crippen molar-refractivity contribution in [2.24, 2.45) is 0 Å². The minimum absolute atomic E-state index is 0.231.